The van der Waals surface area contributed by atoms with Gasteiger partial charge < -0.3 is 10.3 Å². The molecule has 0 aliphatic heterocycles. The second-order valence-electron chi connectivity index (χ2n) is 9.41. The second-order valence-corrected chi connectivity index (χ2v) is 9.41. The number of nitrogens with one attached hydrogen (secondary N) is 3. The minimum Gasteiger partial charge on any atom is -0.353 e. The second kappa shape index (κ2) is 9.94. The predicted octanol–water partition coefficient (Wildman–Crippen LogP) is 7.71. The van der Waals surface area contributed by atoms with Crippen molar-refractivity contribution in [1.82, 2.24) is 20.2 Å². The number of hydrogen-bond acceptors (Lipinski definition) is 3. The average molecular weight is 504 g/mol. The van der Waals surface area contributed by atoms with E-state index in [4.69, 9.17) is 0 Å². The molecule has 0 aliphatic carbocycles. The van der Waals surface area contributed by atoms with Crippen LogP contribution in [0.4, 0.5) is 10.1 Å². The maximum Gasteiger partial charge on any atom is 0.224 e. The van der Waals surface area contributed by atoms with Crippen molar-refractivity contribution in [3.8, 4) is 33.6 Å². The third-order valence-electron chi connectivity index (χ3n) is 6.73. The highest BCUT2D eigenvalue weighted by atomic mass is 19.1. The Morgan fingerprint density at radius 2 is 1.79 bits per heavy atom. The number of aromatic amines is 2. The van der Waals surface area contributed by atoms with Crippen LogP contribution < -0.4 is 5.32 Å². The van der Waals surface area contributed by atoms with Gasteiger partial charge in [-0.3, -0.25) is 14.9 Å². The number of aromatic nitrogens is 4. The van der Waals surface area contributed by atoms with Crippen LogP contribution in [0.25, 0.3) is 55.4 Å². The first-order chi connectivity index (χ1) is 18.6. The fourth-order valence-electron chi connectivity index (χ4n) is 4.82. The van der Waals surface area contributed by atoms with E-state index in [-0.39, 0.29) is 11.7 Å². The molecule has 3 aromatic carbocycles. The molecule has 0 atom stereocenters. The molecule has 6 nitrogen and oxygen atoms in total. The van der Waals surface area contributed by atoms with E-state index in [0.29, 0.717) is 12.1 Å². The standard InChI is InChI=1S/C31H26FN5O/c1-2-3-10-30(38)34-23-14-21(17-33-18-23)19-11-12-28-26(15-19)31(37-36-28)29-16-25-24(8-5-9-27(25)35-29)20-6-4-7-22(32)13-20/h4-9,11-18,35H,2-3,10H2,1H3,(H,34,38)(H,36,37). The zero-order chi connectivity index (χ0) is 26.1. The van der Waals surface area contributed by atoms with E-state index in [1.165, 1.54) is 6.07 Å². The maximum atomic E-state index is 13.9. The normalized spacial score (nSPS) is 11.3. The van der Waals surface area contributed by atoms with Gasteiger partial charge >= 0.3 is 0 Å². The maximum absolute atomic E-state index is 13.9. The van der Waals surface area contributed by atoms with Crippen LogP contribution in [0.5, 0.6) is 0 Å². The number of carbonyl (C=O) groups is 1. The minimum atomic E-state index is -0.264. The van der Waals surface area contributed by atoms with E-state index in [2.05, 4.69) is 44.5 Å². The fourth-order valence-corrected chi connectivity index (χ4v) is 4.82. The Labute approximate surface area is 218 Å². The van der Waals surface area contributed by atoms with Crippen molar-refractivity contribution in [2.75, 3.05) is 5.32 Å². The van der Waals surface area contributed by atoms with Gasteiger partial charge in [-0.2, -0.15) is 5.10 Å². The summed E-state index contributed by atoms with van der Waals surface area (Å²) in [5.74, 6) is -0.269. The van der Waals surface area contributed by atoms with Crippen LogP contribution in [-0.4, -0.2) is 26.1 Å². The first kappa shape index (κ1) is 23.6. The summed E-state index contributed by atoms with van der Waals surface area (Å²) in [6.07, 6.45) is 5.78. The fraction of sp³-hybridized carbons (Fsp3) is 0.129. The first-order valence-corrected chi connectivity index (χ1v) is 12.7. The number of carbonyl (C=O) groups excluding carboxylic acids is 1. The topological polar surface area (TPSA) is 86.5 Å². The SMILES string of the molecule is CCCCC(=O)Nc1cncc(-c2ccc3[nH]nc(-c4cc5c(-c6cccc(F)c6)cccc5[nH]4)c3c2)c1. The highest BCUT2D eigenvalue weighted by Gasteiger charge is 2.15. The molecule has 6 rings (SSSR count). The molecule has 38 heavy (non-hydrogen) atoms. The van der Waals surface area contributed by atoms with Gasteiger partial charge in [-0.15, -0.1) is 0 Å². The molecule has 0 bridgehead atoms. The monoisotopic (exact) mass is 503 g/mol. The molecule has 0 unspecified atom stereocenters. The summed E-state index contributed by atoms with van der Waals surface area (Å²) in [4.78, 5) is 20.0. The summed E-state index contributed by atoms with van der Waals surface area (Å²) in [5, 5.41) is 12.6. The number of pyridine rings is 1. The van der Waals surface area contributed by atoms with Gasteiger partial charge in [-0.1, -0.05) is 43.7 Å². The van der Waals surface area contributed by atoms with E-state index in [1.807, 2.05) is 42.5 Å². The lowest BCUT2D eigenvalue weighted by molar-refractivity contribution is -0.116. The number of unbranched alkanes of at least 4 members (excludes halogenated alkanes) is 1. The number of hydrogen-bond donors (Lipinski definition) is 3. The molecule has 0 radical (unpaired) electrons. The van der Waals surface area contributed by atoms with Crippen molar-refractivity contribution in [3.63, 3.8) is 0 Å². The van der Waals surface area contributed by atoms with Crippen LogP contribution in [0.15, 0.2) is 85.2 Å². The van der Waals surface area contributed by atoms with Crippen molar-refractivity contribution in [1.29, 1.82) is 0 Å². The molecular weight excluding hydrogens is 477 g/mol. The van der Waals surface area contributed by atoms with E-state index in [1.54, 1.807) is 24.5 Å². The van der Waals surface area contributed by atoms with Gasteiger partial charge in [-0.25, -0.2) is 4.39 Å². The van der Waals surface area contributed by atoms with Crippen LogP contribution in [0.3, 0.4) is 0 Å². The van der Waals surface area contributed by atoms with Crippen LogP contribution >= 0.6 is 0 Å². The molecule has 3 heterocycles. The van der Waals surface area contributed by atoms with Gasteiger partial charge in [-0.05, 0) is 65.6 Å². The van der Waals surface area contributed by atoms with Crippen molar-refractivity contribution >= 4 is 33.4 Å². The van der Waals surface area contributed by atoms with Crippen LogP contribution in [0.2, 0.25) is 0 Å². The molecule has 3 aromatic heterocycles. The number of benzene rings is 3. The Bertz CT molecular complexity index is 1780. The highest BCUT2D eigenvalue weighted by Crippen LogP contribution is 2.35. The number of anilines is 1. The number of halogens is 1. The van der Waals surface area contributed by atoms with Gasteiger partial charge in [0.15, 0.2) is 0 Å². The van der Waals surface area contributed by atoms with Gasteiger partial charge in [0.25, 0.3) is 0 Å². The van der Waals surface area contributed by atoms with Crippen LogP contribution in [-0.2, 0) is 4.79 Å². The van der Waals surface area contributed by atoms with Crippen molar-refractivity contribution in [3.05, 3.63) is 91.0 Å². The zero-order valence-corrected chi connectivity index (χ0v) is 20.9. The molecule has 3 N–H and O–H groups in total. The molecular formula is C31H26FN5O. The smallest absolute Gasteiger partial charge is 0.224 e. The summed E-state index contributed by atoms with van der Waals surface area (Å²) in [6, 6.07) is 22.7. The van der Waals surface area contributed by atoms with Crippen molar-refractivity contribution in [2.45, 2.75) is 26.2 Å². The van der Waals surface area contributed by atoms with Gasteiger partial charge in [0.2, 0.25) is 5.91 Å². The number of fused-ring (bicyclic) bond motifs is 2. The summed E-state index contributed by atoms with van der Waals surface area (Å²) in [5.41, 5.74) is 7.83. The van der Waals surface area contributed by atoms with E-state index in [0.717, 1.165) is 68.3 Å². The Hall–Kier alpha value is -4.78. The first-order valence-electron chi connectivity index (χ1n) is 12.7. The minimum absolute atomic E-state index is 0.00482. The molecule has 7 heteroatoms. The number of nitrogens with zero attached hydrogens (tertiary/aromatic N) is 2. The summed E-state index contributed by atoms with van der Waals surface area (Å²) in [7, 11) is 0. The molecule has 0 spiro atoms. The Kier molecular flexibility index (Phi) is 6.17. The lowest BCUT2D eigenvalue weighted by Gasteiger charge is -2.07. The summed E-state index contributed by atoms with van der Waals surface area (Å²) in [6.45, 7) is 2.06. The Balaban J connectivity index is 1.37. The number of amides is 1. The number of rotatable bonds is 7. The zero-order valence-electron chi connectivity index (χ0n) is 20.9. The van der Waals surface area contributed by atoms with Gasteiger partial charge in [0.1, 0.15) is 11.5 Å². The molecule has 0 saturated carbocycles. The molecule has 1 amide bonds. The quantitative estimate of drug-likeness (QED) is 0.209. The predicted molar refractivity (Wildman–Crippen MR) is 150 cm³/mol. The average Bonchev–Trinajstić information content (AvgIpc) is 3.55. The molecule has 0 saturated heterocycles. The van der Waals surface area contributed by atoms with Crippen LogP contribution in [0.1, 0.15) is 26.2 Å². The lowest BCUT2D eigenvalue weighted by Crippen LogP contribution is -2.11. The molecule has 0 aliphatic rings. The van der Waals surface area contributed by atoms with E-state index < -0.39 is 0 Å². The van der Waals surface area contributed by atoms with Gasteiger partial charge in [0.05, 0.1) is 23.1 Å². The molecule has 6 aromatic rings. The number of H-pyrrole nitrogens is 2. The highest BCUT2D eigenvalue weighted by molar-refractivity contribution is 6.02. The largest absolute Gasteiger partial charge is 0.353 e. The molecule has 188 valence electrons. The summed E-state index contributed by atoms with van der Waals surface area (Å²) >= 11 is 0. The van der Waals surface area contributed by atoms with Gasteiger partial charge in [0, 0.05) is 34.5 Å². The van der Waals surface area contributed by atoms with E-state index in [9.17, 15) is 9.18 Å². The van der Waals surface area contributed by atoms with E-state index >= 15 is 0 Å². The Morgan fingerprint density at radius 3 is 2.66 bits per heavy atom. The molecule has 0 fully saturated rings. The third-order valence-corrected chi connectivity index (χ3v) is 6.73. The van der Waals surface area contributed by atoms with Crippen molar-refractivity contribution in [2.24, 2.45) is 0 Å². The van der Waals surface area contributed by atoms with Crippen LogP contribution in [0, 0.1) is 5.82 Å². The third kappa shape index (κ3) is 4.54. The van der Waals surface area contributed by atoms with Crippen molar-refractivity contribution < 1.29 is 9.18 Å². The lowest BCUT2D eigenvalue weighted by atomic mass is 10.0. The Morgan fingerprint density at radius 1 is 0.895 bits per heavy atom. The summed E-state index contributed by atoms with van der Waals surface area (Å²) < 4.78 is 13.9.